The Morgan fingerprint density at radius 1 is 1.45 bits per heavy atom. The number of carbonyl (C=O) groups excluding carboxylic acids is 1. The molecule has 2 rings (SSSR count). The fourth-order valence-electron chi connectivity index (χ4n) is 1.61. The molecule has 0 fully saturated rings. The van der Waals surface area contributed by atoms with Crippen molar-refractivity contribution in [1.82, 2.24) is 24.6 Å². The van der Waals surface area contributed by atoms with Gasteiger partial charge >= 0.3 is 5.76 Å². The van der Waals surface area contributed by atoms with Gasteiger partial charge in [0.2, 0.25) is 11.7 Å². The number of nitrogens with zero attached hydrogens (tertiary/aromatic N) is 6. The van der Waals surface area contributed by atoms with Crippen molar-refractivity contribution in [3.8, 4) is 17.7 Å². The van der Waals surface area contributed by atoms with E-state index in [0.29, 0.717) is 0 Å². The molecule has 0 aromatic carbocycles. The molecule has 0 aliphatic heterocycles. The van der Waals surface area contributed by atoms with E-state index in [1.807, 2.05) is 6.07 Å². The Labute approximate surface area is 125 Å². The minimum atomic E-state index is -0.999. The molecule has 0 spiro atoms. The Hall–Kier alpha value is -3.02. The lowest BCUT2D eigenvalue weighted by Gasteiger charge is -2.29. The summed E-state index contributed by atoms with van der Waals surface area (Å²) in [4.78, 5) is 33.2. The Kier molecular flexibility index (Phi) is 4.03. The second-order valence-corrected chi connectivity index (χ2v) is 5.05. The second kappa shape index (κ2) is 5.77. The van der Waals surface area contributed by atoms with Crippen LogP contribution >= 0.6 is 0 Å². The molecule has 0 atom stereocenters. The van der Waals surface area contributed by atoms with Crippen LogP contribution in [0.15, 0.2) is 27.8 Å². The summed E-state index contributed by atoms with van der Waals surface area (Å²) < 4.78 is 5.61. The van der Waals surface area contributed by atoms with Crippen LogP contribution in [0.25, 0.3) is 11.6 Å². The third-order valence-corrected chi connectivity index (χ3v) is 3.23. The number of rotatable bonds is 4. The van der Waals surface area contributed by atoms with Crippen molar-refractivity contribution in [3.63, 3.8) is 0 Å². The lowest BCUT2D eigenvalue weighted by Crippen LogP contribution is -2.46. The number of hydrogen-bond donors (Lipinski definition) is 0. The van der Waals surface area contributed by atoms with Gasteiger partial charge in [0.15, 0.2) is 5.82 Å². The first-order valence-corrected chi connectivity index (χ1v) is 6.38. The minimum Gasteiger partial charge on any atom is -0.326 e. The van der Waals surface area contributed by atoms with Gasteiger partial charge in [0.25, 0.3) is 0 Å². The third kappa shape index (κ3) is 2.85. The molecule has 0 saturated carbocycles. The number of carbonyl (C=O) groups is 1. The van der Waals surface area contributed by atoms with Crippen LogP contribution in [0.2, 0.25) is 0 Å². The summed E-state index contributed by atoms with van der Waals surface area (Å²) in [6.45, 7) is 2.88. The average molecular weight is 302 g/mol. The van der Waals surface area contributed by atoms with E-state index in [2.05, 4.69) is 19.6 Å². The van der Waals surface area contributed by atoms with Gasteiger partial charge in [-0.2, -0.15) is 5.26 Å². The topological polar surface area (TPSA) is 118 Å². The first-order chi connectivity index (χ1) is 10.4. The van der Waals surface area contributed by atoms with Gasteiger partial charge in [-0.1, -0.05) is 5.16 Å². The highest BCUT2D eigenvalue weighted by Crippen LogP contribution is 2.13. The smallest absolute Gasteiger partial charge is 0.326 e. The van der Waals surface area contributed by atoms with Gasteiger partial charge in [0.1, 0.15) is 12.1 Å². The Morgan fingerprint density at radius 2 is 2.09 bits per heavy atom. The van der Waals surface area contributed by atoms with E-state index in [4.69, 9.17) is 5.26 Å². The summed E-state index contributed by atoms with van der Waals surface area (Å²) in [6, 6.07) is 3.63. The summed E-state index contributed by atoms with van der Waals surface area (Å²) >= 11 is 0. The van der Waals surface area contributed by atoms with Crippen LogP contribution in [-0.4, -0.2) is 43.1 Å². The lowest BCUT2D eigenvalue weighted by atomic mass is 10.1. The van der Waals surface area contributed by atoms with Gasteiger partial charge < -0.3 is 4.90 Å². The van der Waals surface area contributed by atoms with Gasteiger partial charge in [-0.05, 0) is 19.9 Å². The number of hydrogen-bond acceptors (Lipinski definition) is 7. The van der Waals surface area contributed by atoms with E-state index in [1.54, 1.807) is 19.9 Å². The molecule has 0 saturated heterocycles. The molecule has 9 nitrogen and oxygen atoms in total. The van der Waals surface area contributed by atoms with Crippen molar-refractivity contribution in [2.24, 2.45) is 0 Å². The molecule has 0 aliphatic carbocycles. The molecule has 9 heteroatoms. The molecule has 2 aromatic rings. The van der Waals surface area contributed by atoms with Crippen LogP contribution in [0, 0.1) is 11.3 Å². The summed E-state index contributed by atoms with van der Waals surface area (Å²) in [5, 5.41) is 12.7. The molecular weight excluding hydrogens is 288 g/mol. The number of aromatic nitrogens is 4. The molecule has 1 amide bonds. The zero-order chi connectivity index (χ0) is 16.3. The summed E-state index contributed by atoms with van der Waals surface area (Å²) in [6.07, 6.45) is 2.97. The summed E-state index contributed by atoms with van der Waals surface area (Å²) in [5.74, 6) is -1.00. The Morgan fingerprint density at radius 3 is 2.68 bits per heavy atom. The van der Waals surface area contributed by atoms with Gasteiger partial charge in [0, 0.05) is 19.4 Å². The van der Waals surface area contributed by atoms with Crippen LogP contribution in [0.5, 0.6) is 0 Å². The predicted octanol–water partition coefficient (Wildman–Crippen LogP) is 0.0539. The van der Waals surface area contributed by atoms with Gasteiger partial charge in [-0.3, -0.25) is 9.32 Å². The Bertz CT molecular complexity index is 771. The minimum absolute atomic E-state index is 0.0575. The van der Waals surface area contributed by atoms with Crippen LogP contribution in [-0.2, 0) is 11.3 Å². The molecule has 0 N–H and O–H groups in total. The zero-order valence-electron chi connectivity index (χ0n) is 12.3. The molecule has 114 valence electrons. The first-order valence-electron chi connectivity index (χ1n) is 6.38. The Balaban J connectivity index is 2.32. The van der Waals surface area contributed by atoms with Gasteiger partial charge in [-0.25, -0.2) is 19.3 Å². The number of likely N-dealkylation sites (N-methyl/N-ethyl adjacent to an activating group) is 1. The van der Waals surface area contributed by atoms with Crippen LogP contribution in [0.3, 0.4) is 0 Å². The molecule has 0 bridgehead atoms. The van der Waals surface area contributed by atoms with Crippen molar-refractivity contribution >= 4 is 5.91 Å². The van der Waals surface area contributed by atoms with E-state index in [9.17, 15) is 9.59 Å². The highest BCUT2D eigenvalue weighted by atomic mass is 16.5. The molecule has 2 heterocycles. The second-order valence-electron chi connectivity index (χ2n) is 5.05. The standard InChI is InChI=1S/C13H14N6O3/c1-13(2,8-14)18(3)9(20)7-19-11(17-22-12(19)21)10-15-5-4-6-16-10/h4-6H,7H2,1-3H3. The number of amides is 1. The fourth-order valence-corrected chi connectivity index (χ4v) is 1.61. The van der Waals surface area contributed by atoms with E-state index in [-0.39, 0.29) is 18.2 Å². The normalized spacial score (nSPS) is 11.0. The van der Waals surface area contributed by atoms with Gasteiger partial charge in [0.05, 0.1) is 6.07 Å². The van der Waals surface area contributed by atoms with Crippen molar-refractivity contribution in [2.75, 3.05) is 7.05 Å². The van der Waals surface area contributed by atoms with E-state index < -0.39 is 17.2 Å². The fraction of sp³-hybridized carbons (Fsp3) is 0.385. The van der Waals surface area contributed by atoms with Crippen molar-refractivity contribution in [1.29, 1.82) is 5.26 Å². The van der Waals surface area contributed by atoms with Gasteiger partial charge in [-0.15, -0.1) is 0 Å². The molecule has 22 heavy (non-hydrogen) atoms. The lowest BCUT2D eigenvalue weighted by molar-refractivity contribution is -0.133. The quantitative estimate of drug-likeness (QED) is 0.783. The highest BCUT2D eigenvalue weighted by Gasteiger charge is 2.29. The molecule has 0 unspecified atom stereocenters. The van der Waals surface area contributed by atoms with Crippen LogP contribution in [0.4, 0.5) is 0 Å². The summed E-state index contributed by atoms with van der Waals surface area (Å²) in [5.41, 5.74) is -0.999. The SMILES string of the molecule is CN(C(=O)Cn1c(-c2ncccn2)noc1=O)C(C)(C)C#N. The highest BCUT2D eigenvalue weighted by molar-refractivity contribution is 5.77. The first kappa shape index (κ1) is 15.4. The maximum atomic E-state index is 12.3. The largest absolute Gasteiger partial charge is 0.442 e. The molecule has 0 radical (unpaired) electrons. The van der Waals surface area contributed by atoms with Crippen LogP contribution < -0.4 is 5.76 Å². The maximum Gasteiger partial charge on any atom is 0.442 e. The van der Waals surface area contributed by atoms with Crippen molar-refractivity contribution < 1.29 is 9.32 Å². The molecule has 2 aromatic heterocycles. The van der Waals surface area contributed by atoms with Crippen molar-refractivity contribution in [3.05, 3.63) is 29.0 Å². The molecular formula is C13H14N6O3. The zero-order valence-corrected chi connectivity index (χ0v) is 12.3. The molecule has 0 aliphatic rings. The predicted molar refractivity (Wildman–Crippen MR) is 74.3 cm³/mol. The monoisotopic (exact) mass is 302 g/mol. The number of nitriles is 1. The van der Waals surface area contributed by atoms with Crippen LogP contribution in [0.1, 0.15) is 13.8 Å². The maximum absolute atomic E-state index is 12.3. The van der Waals surface area contributed by atoms with E-state index in [0.717, 1.165) is 4.57 Å². The van der Waals surface area contributed by atoms with E-state index in [1.165, 1.54) is 24.3 Å². The van der Waals surface area contributed by atoms with E-state index >= 15 is 0 Å². The van der Waals surface area contributed by atoms with Crippen molar-refractivity contribution in [2.45, 2.75) is 25.9 Å². The third-order valence-electron chi connectivity index (χ3n) is 3.23. The average Bonchev–Trinajstić information content (AvgIpc) is 2.88. The summed E-state index contributed by atoms with van der Waals surface area (Å²) in [7, 11) is 1.49.